The van der Waals surface area contributed by atoms with Crippen LogP contribution in [-0.4, -0.2) is 25.1 Å². The summed E-state index contributed by atoms with van der Waals surface area (Å²) in [6, 6.07) is 0.982. The van der Waals surface area contributed by atoms with Gasteiger partial charge in [-0.15, -0.1) is 0 Å². The Bertz CT molecular complexity index is 573. The quantitative estimate of drug-likeness (QED) is 0.474. The largest absolute Gasteiger partial charge is 0.495 e. The van der Waals surface area contributed by atoms with Crippen LogP contribution in [0.1, 0.15) is 19.4 Å². The van der Waals surface area contributed by atoms with Crippen LogP contribution in [0.15, 0.2) is 10.5 Å². The van der Waals surface area contributed by atoms with Gasteiger partial charge in [0.1, 0.15) is 10.2 Å². The Morgan fingerprint density at radius 3 is 2.40 bits per heavy atom. The second-order valence-electron chi connectivity index (χ2n) is 4.48. The van der Waals surface area contributed by atoms with Crippen LogP contribution in [0, 0.1) is 15.9 Å². The molecule has 0 amide bonds. The van der Waals surface area contributed by atoms with Gasteiger partial charge in [-0.2, -0.15) is 4.39 Å². The zero-order valence-corrected chi connectivity index (χ0v) is 12.9. The van der Waals surface area contributed by atoms with Gasteiger partial charge in [0, 0.05) is 11.6 Å². The molecule has 0 fully saturated rings. The fourth-order valence-electron chi connectivity index (χ4n) is 1.76. The van der Waals surface area contributed by atoms with Crippen molar-refractivity contribution in [3.05, 3.63) is 32.0 Å². The van der Waals surface area contributed by atoms with Crippen LogP contribution in [0.3, 0.4) is 0 Å². The lowest BCUT2D eigenvalue weighted by Gasteiger charge is -2.24. The fourth-order valence-corrected chi connectivity index (χ4v) is 2.34. The summed E-state index contributed by atoms with van der Waals surface area (Å²) in [4.78, 5) is 21.8. The molecule has 0 aliphatic carbocycles. The van der Waals surface area contributed by atoms with Gasteiger partial charge in [0.25, 0.3) is 0 Å². The van der Waals surface area contributed by atoms with E-state index in [2.05, 4.69) is 20.7 Å². The lowest BCUT2D eigenvalue weighted by Crippen LogP contribution is -2.31. The van der Waals surface area contributed by atoms with Crippen LogP contribution in [0.25, 0.3) is 0 Å². The molecule has 0 saturated heterocycles. The van der Waals surface area contributed by atoms with Gasteiger partial charge in [-0.05, 0) is 29.8 Å². The van der Waals surface area contributed by atoms with Crippen molar-refractivity contribution in [2.75, 3.05) is 14.2 Å². The van der Waals surface area contributed by atoms with Crippen LogP contribution >= 0.6 is 15.9 Å². The zero-order chi connectivity index (χ0) is 15.7. The summed E-state index contributed by atoms with van der Waals surface area (Å²) in [5, 5.41) is 10.9. The maximum absolute atomic E-state index is 13.9. The van der Waals surface area contributed by atoms with E-state index < -0.39 is 27.8 Å². The average Bonchev–Trinajstić information content (AvgIpc) is 2.39. The molecular weight excluding hydrogens is 337 g/mol. The minimum absolute atomic E-state index is 0.0171. The lowest BCUT2D eigenvalue weighted by molar-refractivity contribution is -0.387. The molecule has 1 aromatic rings. The highest BCUT2D eigenvalue weighted by Gasteiger charge is 2.38. The third kappa shape index (κ3) is 2.60. The van der Waals surface area contributed by atoms with Gasteiger partial charge in [-0.1, -0.05) is 0 Å². The van der Waals surface area contributed by atoms with Gasteiger partial charge >= 0.3 is 11.7 Å². The summed E-state index contributed by atoms with van der Waals surface area (Å²) in [6.07, 6.45) is 0. The van der Waals surface area contributed by atoms with Gasteiger partial charge < -0.3 is 9.47 Å². The van der Waals surface area contributed by atoms with E-state index in [4.69, 9.17) is 4.74 Å². The molecule has 1 aromatic carbocycles. The van der Waals surface area contributed by atoms with Crippen molar-refractivity contribution < 1.29 is 23.6 Å². The molecule has 0 unspecified atom stereocenters. The highest BCUT2D eigenvalue weighted by molar-refractivity contribution is 9.10. The fraction of sp³-hybridized carbons (Fsp3) is 0.417. The van der Waals surface area contributed by atoms with Crippen LogP contribution < -0.4 is 4.74 Å². The molecule has 1 rings (SSSR count). The highest BCUT2D eigenvalue weighted by atomic mass is 79.9. The monoisotopic (exact) mass is 349 g/mol. The number of hydrogen-bond acceptors (Lipinski definition) is 5. The highest BCUT2D eigenvalue weighted by Crippen LogP contribution is 2.42. The number of benzene rings is 1. The molecule has 0 aliphatic heterocycles. The molecule has 0 saturated carbocycles. The van der Waals surface area contributed by atoms with Crippen LogP contribution in [-0.2, 0) is 14.9 Å². The number of nitro groups is 1. The van der Waals surface area contributed by atoms with Gasteiger partial charge in [-0.3, -0.25) is 14.9 Å². The second-order valence-corrected chi connectivity index (χ2v) is 5.27. The molecule has 0 N–H and O–H groups in total. The number of rotatable bonds is 4. The van der Waals surface area contributed by atoms with E-state index >= 15 is 0 Å². The van der Waals surface area contributed by atoms with E-state index in [0.29, 0.717) is 0 Å². The first-order valence-electron chi connectivity index (χ1n) is 5.47. The summed E-state index contributed by atoms with van der Waals surface area (Å²) in [6.45, 7) is 3.01. The third-order valence-corrected chi connectivity index (χ3v) is 3.62. The molecule has 20 heavy (non-hydrogen) atoms. The summed E-state index contributed by atoms with van der Waals surface area (Å²) in [5.74, 6) is -1.66. The second kappa shape index (κ2) is 5.74. The van der Waals surface area contributed by atoms with E-state index in [-0.39, 0.29) is 15.8 Å². The van der Waals surface area contributed by atoms with Gasteiger partial charge in [0.15, 0.2) is 0 Å². The van der Waals surface area contributed by atoms with E-state index in [0.717, 1.165) is 6.07 Å². The maximum atomic E-state index is 13.9. The Hall–Kier alpha value is -1.70. The van der Waals surface area contributed by atoms with Crippen molar-refractivity contribution >= 4 is 27.6 Å². The maximum Gasteiger partial charge on any atom is 0.315 e. The standard InChI is InChI=1S/C12H13BrFNO5/c1-12(2,11(16)20-4)6-5-7(15(17)18)9(14)8(13)10(6)19-3/h5H,1-4H3. The predicted octanol–water partition coefficient (Wildman–Crippen LogP) is 2.96. The Balaban J connectivity index is 3.69. The number of hydrogen-bond donors (Lipinski definition) is 0. The van der Waals surface area contributed by atoms with E-state index in [1.807, 2.05) is 0 Å². The molecule has 8 heteroatoms. The van der Waals surface area contributed by atoms with Crippen LogP contribution in [0.2, 0.25) is 0 Å². The van der Waals surface area contributed by atoms with Crippen molar-refractivity contribution in [1.29, 1.82) is 0 Å². The minimum atomic E-state index is -1.24. The normalized spacial score (nSPS) is 11.1. The summed E-state index contributed by atoms with van der Waals surface area (Å²) in [7, 11) is 2.48. The molecule has 0 aromatic heterocycles. The molecule has 0 aliphatic rings. The molecule has 0 atom stereocenters. The Kier molecular flexibility index (Phi) is 4.69. The predicted molar refractivity (Wildman–Crippen MR) is 72.3 cm³/mol. The van der Waals surface area contributed by atoms with Crippen LogP contribution in [0.4, 0.5) is 10.1 Å². The first-order chi connectivity index (χ1) is 9.18. The van der Waals surface area contributed by atoms with Crippen molar-refractivity contribution in [3.8, 4) is 5.75 Å². The Morgan fingerprint density at radius 2 is 2.00 bits per heavy atom. The Morgan fingerprint density at radius 1 is 1.45 bits per heavy atom. The van der Waals surface area contributed by atoms with E-state index in [9.17, 15) is 19.3 Å². The van der Waals surface area contributed by atoms with Crippen molar-refractivity contribution in [3.63, 3.8) is 0 Å². The van der Waals surface area contributed by atoms with E-state index in [1.165, 1.54) is 28.1 Å². The number of halogens is 2. The number of methoxy groups -OCH3 is 2. The number of nitrogens with zero attached hydrogens (tertiary/aromatic N) is 1. The average molecular weight is 350 g/mol. The topological polar surface area (TPSA) is 78.7 Å². The third-order valence-electron chi connectivity index (χ3n) is 2.91. The lowest BCUT2D eigenvalue weighted by atomic mass is 9.83. The molecule has 0 spiro atoms. The molecule has 6 nitrogen and oxygen atoms in total. The van der Waals surface area contributed by atoms with Crippen molar-refractivity contribution in [2.24, 2.45) is 0 Å². The zero-order valence-electron chi connectivity index (χ0n) is 11.3. The van der Waals surface area contributed by atoms with Gasteiger partial charge in [0.05, 0.1) is 24.6 Å². The molecule has 0 heterocycles. The van der Waals surface area contributed by atoms with Crippen LogP contribution in [0.5, 0.6) is 5.75 Å². The minimum Gasteiger partial charge on any atom is -0.495 e. The first-order valence-corrected chi connectivity index (χ1v) is 6.27. The van der Waals surface area contributed by atoms with E-state index in [1.54, 1.807) is 0 Å². The van der Waals surface area contributed by atoms with Crippen molar-refractivity contribution in [1.82, 2.24) is 0 Å². The molecule has 0 bridgehead atoms. The summed E-state index contributed by atoms with van der Waals surface area (Å²) >= 11 is 2.92. The summed E-state index contributed by atoms with van der Waals surface area (Å²) in [5.41, 5.74) is -1.82. The molecule has 110 valence electrons. The number of ether oxygens (including phenoxy) is 2. The first kappa shape index (κ1) is 16.4. The number of carbonyl (C=O) groups excluding carboxylic acids is 1. The summed E-state index contributed by atoms with van der Waals surface area (Å²) < 4.78 is 23.4. The smallest absolute Gasteiger partial charge is 0.315 e. The van der Waals surface area contributed by atoms with Gasteiger partial charge in [0.2, 0.25) is 5.82 Å². The SMILES string of the molecule is COC(=O)C(C)(C)c1cc([N+](=O)[O-])c(F)c(Br)c1OC. The molecular formula is C12H13BrFNO5. The molecule has 0 radical (unpaired) electrons. The number of carbonyl (C=O) groups is 1. The number of nitro benzene ring substituents is 1. The Labute approximate surface area is 123 Å². The van der Waals surface area contributed by atoms with Crippen molar-refractivity contribution in [2.45, 2.75) is 19.3 Å². The number of esters is 1. The van der Waals surface area contributed by atoms with Gasteiger partial charge in [-0.25, -0.2) is 0 Å².